The summed E-state index contributed by atoms with van der Waals surface area (Å²) < 4.78 is 10.1. The lowest BCUT2D eigenvalue weighted by Crippen LogP contribution is -2.29. The van der Waals surface area contributed by atoms with E-state index in [1.165, 1.54) is 0 Å². The topological polar surface area (TPSA) is 81.7 Å². The number of carbonyl (C=O) groups excluding carboxylic acids is 3. The van der Waals surface area contributed by atoms with Gasteiger partial charge in [-0.2, -0.15) is 0 Å². The van der Waals surface area contributed by atoms with E-state index in [0.29, 0.717) is 12.8 Å². The van der Waals surface area contributed by atoms with E-state index in [2.05, 4.69) is 5.32 Å². The highest BCUT2D eigenvalue weighted by Gasteiger charge is 2.42. The third kappa shape index (κ3) is 5.20. The van der Waals surface area contributed by atoms with Crippen LogP contribution in [0.3, 0.4) is 0 Å². The lowest BCUT2D eigenvalue weighted by atomic mass is 10.2. The van der Waals surface area contributed by atoms with Gasteiger partial charge in [0.15, 0.2) is 0 Å². The van der Waals surface area contributed by atoms with Crippen LogP contribution in [0.15, 0.2) is 30.3 Å². The number of ketones is 1. The molecule has 1 aliphatic carbocycles. The van der Waals surface area contributed by atoms with E-state index >= 15 is 0 Å². The van der Waals surface area contributed by atoms with Crippen LogP contribution in [0, 0.1) is 0 Å². The van der Waals surface area contributed by atoms with Crippen LogP contribution in [0.25, 0.3) is 0 Å². The summed E-state index contributed by atoms with van der Waals surface area (Å²) in [5.41, 5.74) is 0.898. The molecule has 0 saturated heterocycles. The molecule has 0 aliphatic heterocycles. The summed E-state index contributed by atoms with van der Waals surface area (Å²) in [6.45, 7) is 1.88. The molecule has 22 heavy (non-hydrogen) atoms. The second-order valence-corrected chi connectivity index (χ2v) is 5.15. The summed E-state index contributed by atoms with van der Waals surface area (Å²) in [5, 5.41) is 2.62. The maximum atomic E-state index is 11.6. The Labute approximate surface area is 128 Å². The van der Waals surface area contributed by atoms with Gasteiger partial charge in [-0.1, -0.05) is 37.3 Å². The molecule has 1 aromatic carbocycles. The summed E-state index contributed by atoms with van der Waals surface area (Å²) in [6, 6.07) is 9.11. The van der Waals surface area contributed by atoms with Gasteiger partial charge in [-0.15, -0.1) is 0 Å². The molecule has 6 nitrogen and oxygen atoms in total. The van der Waals surface area contributed by atoms with Crippen molar-refractivity contribution in [3.63, 3.8) is 0 Å². The first-order valence-corrected chi connectivity index (χ1v) is 7.27. The Bertz CT molecular complexity index is 543. The van der Waals surface area contributed by atoms with Crippen molar-refractivity contribution in [1.82, 2.24) is 5.32 Å². The SMILES string of the molecule is CCC(=O)CC(=O)OC1CC1NC(=O)OCc1ccccc1. The molecule has 0 heterocycles. The molecular formula is C16H19NO5. The monoisotopic (exact) mass is 305 g/mol. The number of Topliss-reactive ketones (excluding diaryl/α,β-unsaturated/α-hetero) is 1. The predicted octanol–water partition coefficient (Wildman–Crippen LogP) is 1.97. The minimum absolute atomic E-state index is 0.155. The molecular weight excluding hydrogens is 286 g/mol. The van der Waals surface area contributed by atoms with Gasteiger partial charge in [-0.25, -0.2) is 4.79 Å². The molecule has 1 saturated carbocycles. The van der Waals surface area contributed by atoms with Gasteiger partial charge in [0, 0.05) is 12.8 Å². The van der Waals surface area contributed by atoms with Crippen LogP contribution in [-0.2, 0) is 25.7 Å². The van der Waals surface area contributed by atoms with E-state index in [9.17, 15) is 14.4 Å². The highest BCUT2D eigenvalue weighted by Crippen LogP contribution is 2.26. The average molecular weight is 305 g/mol. The van der Waals surface area contributed by atoms with E-state index in [1.807, 2.05) is 30.3 Å². The van der Waals surface area contributed by atoms with Crippen molar-refractivity contribution in [2.75, 3.05) is 0 Å². The first-order valence-electron chi connectivity index (χ1n) is 7.27. The van der Waals surface area contributed by atoms with Crippen LogP contribution in [0.1, 0.15) is 31.7 Å². The number of esters is 1. The highest BCUT2D eigenvalue weighted by molar-refractivity contribution is 5.95. The Hall–Kier alpha value is -2.37. The minimum atomic E-state index is -0.544. The number of amides is 1. The zero-order valence-electron chi connectivity index (χ0n) is 12.4. The molecule has 2 unspecified atom stereocenters. The molecule has 1 aliphatic rings. The van der Waals surface area contributed by atoms with Gasteiger partial charge in [0.25, 0.3) is 0 Å². The van der Waals surface area contributed by atoms with Crippen LogP contribution < -0.4 is 5.32 Å². The lowest BCUT2D eigenvalue weighted by molar-refractivity contribution is -0.147. The standard InChI is InChI=1S/C16H19NO5/c1-2-12(18)8-15(19)22-14-9-13(14)17-16(20)21-10-11-6-4-3-5-7-11/h3-7,13-14H,2,8-10H2,1H3,(H,17,20). The molecule has 0 radical (unpaired) electrons. The second kappa shape index (κ2) is 7.59. The largest absolute Gasteiger partial charge is 0.460 e. The molecule has 1 amide bonds. The van der Waals surface area contributed by atoms with E-state index in [4.69, 9.17) is 9.47 Å². The van der Waals surface area contributed by atoms with Crippen molar-refractivity contribution < 1.29 is 23.9 Å². The molecule has 1 fully saturated rings. The quantitative estimate of drug-likeness (QED) is 0.615. The van der Waals surface area contributed by atoms with Crippen molar-refractivity contribution in [3.8, 4) is 0 Å². The van der Waals surface area contributed by atoms with E-state index < -0.39 is 12.1 Å². The molecule has 1 N–H and O–H groups in total. The van der Waals surface area contributed by atoms with Gasteiger partial charge in [0.05, 0.1) is 6.04 Å². The number of ether oxygens (including phenoxy) is 2. The fraction of sp³-hybridized carbons (Fsp3) is 0.438. The van der Waals surface area contributed by atoms with Crippen molar-refractivity contribution in [3.05, 3.63) is 35.9 Å². The average Bonchev–Trinajstić information content (AvgIpc) is 3.23. The summed E-state index contributed by atoms with van der Waals surface area (Å²) >= 11 is 0. The van der Waals surface area contributed by atoms with Gasteiger partial charge >= 0.3 is 12.1 Å². The first kappa shape index (κ1) is 16.0. The number of hydrogen-bond donors (Lipinski definition) is 1. The zero-order chi connectivity index (χ0) is 15.9. The van der Waals surface area contributed by atoms with Gasteiger partial charge in [-0.05, 0) is 5.56 Å². The first-order chi connectivity index (χ1) is 10.6. The Morgan fingerprint density at radius 3 is 2.64 bits per heavy atom. The Morgan fingerprint density at radius 2 is 1.95 bits per heavy atom. The summed E-state index contributed by atoms with van der Waals surface area (Å²) in [6.07, 6.45) is -0.253. The fourth-order valence-electron chi connectivity index (χ4n) is 1.87. The molecule has 2 atom stereocenters. The van der Waals surface area contributed by atoms with E-state index in [-0.39, 0.29) is 31.0 Å². The lowest BCUT2D eigenvalue weighted by Gasteiger charge is -2.07. The minimum Gasteiger partial charge on any atom is -0.460 e. The number of nitrogens with one attached hydrogen (secondary N) is 1. The van der Waals surface area contributed by atoms with Gasteiger partial charge in [0.1, 0.15) is 24.9 Å². The Kier molecular flexibility index (Phi) is 5.52. The number of carbonyl (C=O) groups is 3. The smallest absolute Gasteiger partial charge is 0.407 e. The van der Waals surface area contributed by atoms with Crippen LogP contribution in [0.5, 0.6) is 0 Å². The predicted molar refractivity (Wildman–Crippen MR) is 78.0 cm³/mol. The molecule has 2 rings (SSSR count). The third-order valence-corrected chi connectivity index (χ3v) is 3.27. The Balaban J connectivity index is 1.63. The number of hydrogen-bond acceptors (Lipinski definition) is 5. The van der Waals surface area contributed by atoms with E-state index in [0.717, 1.165) is 5.56 Å². The normalized spacial score (nSPS) is 19.1. The van der Waals surface area contributed by atoms with Crippen molar-refractivity contribution in [2.45, 2.75) is 44.9 Å². The molecule has 118 valence electrons. The maximum absolute atomic E-state index is 11.6. The molecule has 0 aromatic heterocycles. The van der Waals surface area contributed by atoms with Crippen molar-refractivity contribution in [2.24, 2.45) is 0 Å². The third-order valence-electron chi connectivity index (χ3n) is 3.27. The fourth-order valence-corrected chi connectivity index (χ4v) is 1.87. The summed E-state index contributed by atoms with van der Waals surface area (Å²) in [7, 11) is 0. The zero-order valence-corrected chi connectivity index (χ0v) is 12.4. The molecule has 6 heteroatoms. The maximum Gasteiger partial charge on any atom is 0.407 e. The molecule has 1 aromatic rings. The molecule has 0 bridgehead atoms. The van der Waals surface area contributed by atoms with Gasteiger partial charge < -0.3 is 14.8 Å². The number of benzene rings is 1. The molecule has 0 spiro atoms. The van der Waals surface area contributed by atoms with Crippen LogP contribution in [0.2, 0.25) is 0 Å². The van der Waals surface area contributed by atoms with Crippen LogP contribution in [0.4, 0.5) is 4.79 Å². The van der Waals surface area contributed by atoms with Crippen molar-refractivity contribution >= 4 is 17.8 Å². The van der Waals surface area contributed by atoms with E-state index in [1.54, 1.807) is 6.92 Å². The van der Waals surface area contributed by atoms with Gasteiger partial charge in [-0.3, -0.25) is 9.59 Å². The van der Waals surface area contributed by atoms with Crippen LogP contribution in [-0.4, -0.2) is 30.0 Å². The van der Waals surface area contributed by atoms with Crippen LogP contribution >= 0.6 is 0 Å². The Morgan fingerprint density at radius 1 is 1.23 bits per heavy atom. The summed E-state index contributed by atoms with van der Waals surface area (Å²) in [5.74, 6) is -0.698. The summed E-state index contributed by atoms with van der Waals surface area (Å²) in [4.78, 5) is 34.1. The van der Waals surface area contributed by atoms with Gasteiger partial charge in [0.2, 0.25) is 0 Å². The second-order valence-electron chi connectivity index (χ2n) is 5.15. The highest BCUT2D eigenvalue weighted by atomic mass is 16.6. The number of alkyl carbamates (subject to hydrolysis) is 1. The van der Waals surface area contributed by atoms with Crippen molar-refractivity contribution in [1.29, 1.82) is 0 Å². The number of rotatable bonds is 7.